The lowest BCUT2D eigenvalue weighted by molar-refractivity contribution is 0.0276. The molecule has 0 atom stereocenters. The summed E-state index contributed by atoms with van der Waals surface area (Å²) >= 11 is 5.91. The van der Waals surface area contributed by atoms with Crippen molar-refractivity contribution in [3.05, 3.63) is 70.1 Å². The zero-order valence-electron chi connectivity index (χ0n) is 15.8. The largest absolute Gasteiger partial charge is 0.493 e. The molecule has 7 heteroatoms. The molecule has 0 aliphatic heterocycles. The Balaban J connectivity index is 1.91. The van der Waals surface area contributed by atoms with Crippen molar-refractivity contribution >= 4 is 11.6 Å². The van der Waals surface area contributed by atoms with E-state index in [1.54, 1.807) is 50.4 Å². The van der Waals surface area contributed by atoms with Crippen LogP contribution in [0.5, 0.6) is 11.5 Å². The van der Waals surface area contributed by atoms with Crippen molar-refractivity contribution in [1.82, 2.24) is 9.78 Å². The molecule has 0 bridgehead atoms. The number of hydrogen-bond acceptors (Lipinski definition) is 5. The zero-order valence-corrected chi connectivity index (χ0v) is 16.6. The summed E-state index contributed by atoms with van der Waals surface area (Å²) in [6.07, 6.45) is 1.62. The number of benzene rings is 2. The highest BCUT2D eigenvalue weighted by Gasteiger charge is 2.16. The Kier molecular flexibility index (Phi) is 5.72. The number of halogens is 1. The van der Waals surface area contributed by atoms with Crippen LogP contribution in [0.25, 0.3) is 16.8 Å². The van der Waals surface area contributed by atoms with E-state index in [0.717, 1.165) is 5.56 Å². The Bertz CT molecular complexity index is 1020. The van der Waals surface area contributed by atoms with Crippen LogP contribution in [-0.2, 0) is 0 Å². The molecule has 0 radical (unpaired) electrons. The lowest BCUT2D eigenvalue weighted by atomic mass is 10.1. The van der Waals surface area contributed by atoms with Crippen LogP contribution in [-0.4, -0.2) is 34.2 Å². The van der Waals surface area contributed by atoms with Crippen LogP contribution in [0.1, 0.15) is 13.8 Å². The molecule has 0 unspecified atom stereocenters. The lowest BCUT2D eigenvalue weighted by Crippen LogP contribution is -2.28. The van der Waals surface area contributed by atoms with Crippen LogP contribution in [0.4, 0.5) is 0 Å². The fourth-order valence-corrected chi connectivity index (χ4v) is 2.69. The van der Waals surface area contributed by atoms with Gasteiger partial charge in [0, 0.05) is 22.7 Å². The first-order valence-corrected chi connectivity index (χ1v) is 9.03. The molecule has 1 aromatic heterocycles. The molecule has 0 fully saturated rings. The molecule has 146 valence electrons. The van der Waals surface area contributed by atoms with Crippen molar-refractivity contribution in [1.29, 1.82) is 0 Å². The van der Waals surface area contributed by atoms with Gasteiger partial charge in [-0.3, -0.25) is 4.79 Å². The van der Waals surface area contributed by atoms with E-state index in [2.05, 4.69) is 5.10 Å². The summed E-state index contributed by atoms with van der Waals surface area (Å²) in [5.74, 6) is 0.913. The second-order valence-corrected chi connectivity index (χ2v) is 7.37. The molecule has 0 aliphatic rings. The van der Waals surface area contributed by atoms with Gasteiger partial charge in [-0.05, 0) is 43.7 Å². The quantitative estimate of drug-likeness (QED) is 0.682. The zero-order chi connectivity index (χ0) is 20.3. The van der Waals surface area contributed by atoms with Gasteiger partial charge in [-0.15, -0.1) is 0 Å². The maximum Gasteiger partial charge on any atom is 0.272 e. The van der Waals surface area contributed by atoms with Crippen LogP contribution in [0.15, 0.2) is 59.5 Å². The number of rotatable bonds is 6. The third-order valence-corrected chi connectivity index (χ3v) is 4.20. The van der Waals surface area contributed by atoms with Gasteiger partial charge in [0.1, 0.15) is 6.61 Å². The SMILES string of the molecule is COc1cc(-n2ncc(-c3ccc(Cl)cc3)cc2=O)ccc1OCC(C)(C)O. The summed E-state index contributed by atoms with van der Waals surface area (Å²) in [6, 6.07) is 13.8. The van der Waals surface area contributed by atoms with E-state index in [1.807, 2.05) is 12.1 Å². The highest BCUT2D eigenvalue weighted by atomic mass is 35.5. The molecule has 1 heterocycles. The predicted molar refractivity (Wildman–Crippen MR) is 109 cm³/mol. The number of methoxy groups -OCH3 is 1. The maximum atomic E-state index is 12.6. The molecule has 0 spiro atoms. The van der Waals surface area contributed by atoms with Crippen LogP contribution < -0.4 is 15.0 Å². The van der Waals surface area contributed by atoms with E-state index >= 15 is 0 Å². The normalized spacial score (nSPS) is 11.3. The molecule has 1 N–H and O–H groups in total. The van der Waals surface area contributed by atoms with Gasteiger partial charge in [0.25, 0.3) is 5.56 Å². The highest BCUT2D eigenvalue weighted by molar-refractivity contribution is 6.30. The summed E-state index contributed by atoms with van der Waals surface area (Å²) in [6.45, 7) is 3.41. The smallest absolute Gasteiger partial charge is 0.272 e. The van der Waals surface area contributed by atoms with E-state index < -0.39 is 5.60 Å². The van der Waals surface area contributed by atoms with Gasteiger partial charge < -0.3 is 14.6 Å². The Morgan fingerprint density at radius 1 is 1.07 bits per heavy atom. The number of hydrogen-bond donors (Lipinski definition) is 1. The van der Waals surface area contributed by atoms with Crippen molar-refractivity contribution in [2.24, 2.45) is 0 Å². The van der Waals surface area contributed by atoms with Crippen molar-refractivity contribution in [3.63, 3.8) is 0 Å². The number of aromatic nitrogens is 2. The van der Waals surface area contributed by atoms with E-state index in [4.69, 9.17) is 21.1 Å². The van der Waals surface area contributed by atoms with Crippen LogP contribution in [0.2, 0.25) is 5.02 Å². The first-order valence-electron chi connectivity index (χ1n) is 8.66. The second-order valence-electron chi connectivity index (χ2n) is 6.94. The van der Waals surface area contributed by atoms with Gasteiger partial charge in [0.2, 0.25) is 0 Å². The molecule has 28 heavy (non-hydrogen) atoms. The average molecular weight is 401 g/mol. The fraction of sp³-hybridized carbons (Fsp3) is 0.238. The third kappa shape index (κ3) is 4.71. The Morgan fingerprint density at radius 2 is 1.79 bits per heavy atom. The maximum absolute atomic E-state index is 12.6. The van der Waals surface area contributed by atoms with Crippen LogP contribution in [0, 0.1) is 0 Å². The van der Waals surface area contributed by atoms with Crippen molar-refractivity contribution in [2.75, 3.05) is 13.7 Å². The average Bonchev–Trinajstić information content (AvgIpc) is 2.66. The van der Waals surface area contributed by atoms with Gasteiger partial charge >= 0.3 is 0 Å². The minimum absolute atomic E-state index is 0.108. The molecule has 3 aromatic rings. The van der Waals surface area contributed by atoms with Gasteiger partial charge in [-0.1, -0.05) is 23.7 Å². The Morgan fingerprint density at radius 3 is 2.39 bits per heavy atom. The molecule has 0 saturated heterocycles. The van der Waals surface area contributed by atoms with Crippen molar-refractivity contribution in [2.45, 2.75) is 19.4 Å². The van der Waals surface area contributed by atoms with E-state index in [0.29, 0.717) is 27.8 Å². The monoisotopic (exact) mass is 400 g/mol. The molecule has 6 nitrogen and oxygen atoms in total. The molecule has 3 rings (SSSR count). The van der Waals surface area contributed by atoms with Crippen molar-refractivity contribution in [3.8, 4) is 28.3 Å². The molecule has 0 amide bonds. The summed E-state index contributed by atoms with van der Waals surface area (Å²) in [7, 11) is 1.51. The standard InChI is InChI=1S/C21H21ClN2O4/c1-21(2,26)13-28-18-9-8-17(11-19(18)27-3)24-20(25)10-15(12-23-24)14-4-6-16(22)7-5-14/h4-12,26H,13H2,1-3H3. The van der Waals surface area contributed by atoms with E-state index in [-0.39, 0.29) is 12.2 Å². The van der Waals surface area contributed by atoms with E-state index in [1.165, 1.54) is 17.9 Å². The summed E-state index contributed by atoms with van der Waals surface area (Å²) < 4.78 is 12.2. The van der Waals surface area contributed by atoms with Gasteiger partial charge in [-0.25, -0.2) is 0 Å². The van der Waals surface area contributed by atoms with Gasteiger partial charge in [-0.2, -0.15) is 9.78 Å². The Labute approximate surface area is 167 Å². The first kappa shape index (κ1) is 19.9. The van der Waals surface area contributed by atoms with Gasteiger partial charge in [0.05, 0.1) is 24.6 Å². The molecule has 0 aliphatic carbocycles. The minimum atomic E-state index is -0.973. The minimum Gasteiger partial charge on any atom is -0.493 e. The van der Waals surface area contributed by atoms with Crippen LogP contribution >= 0.6 is 11.6 Å². The summed E-state index contributed by atoms with van der Waals surface area (Å²) in [5.41, 5.74) is 0.850. The number of aliphatic hydroxyl groups is 1. The second kappa shape index (κ2) is 8.04. The van der Waals surface area contributed by atoms with Crippen molar-refractivity contribution < 1.29 is 14.6 Å². The number of ether oxygens (including phenoxy) is 2. The fourth-order valence-electron chi connectivity index (χ4n) is 2.56. The first-order chi connectivity index (χ1) is 13.3. The predicted octanol–water partition coefficient (Wildman–Crippen LogP) is 3.71. The third-order valence-electron chi connectivity index (χ3n) is 3.95. The molecular formula is C21H21ClN2O4. The topological polar surface area (TPSA) is 73.6 Å². The summed E-state index contributed by atoms with van der Waals surface area (Å²) in [4.78, 5) is 12.6. The molecular weight excluding hydrogens is 380 g/mol. The van der Waals surface area contributed by atoms with Crippen LogP contribution in [0.3, 0.4) is 0 Å². The molecule has 0 saturated carbocycles. The Hall–Kier alpha value is -2.83. The van der Waals surface area contributed by atoms with Gasteiger partial charge in [0.15, 0.2) is 11.5 Å². The number of nitrogens with zero attached hydrogens (tertiary/aromatic N) is 2. The molecule has 2 aromatic carbocycles. The summed E-state index contributed by atoms with van der Waals surface area (Å²) in [5, 5.41) is 14.7. The van der Waals surface area contributed by atoms with E-state index in [9.17, 15) is 9.90 Å². The lowest BCUT2D eigenvalue weighted by Gasteiger charge is -2.19. The highest BCUT2D eigenvalue weighted by Crippen LogP contribution is 2.30.